The molecule has 1 saturated heterocycles. The fourth-order valence-electron chi connectivity index (χ4n) is 3.63. The fourth-order valence-corrected chi connectivity index (χ4v) is 4.62. The van der Waals surface area contributed by atoms with Crippen LogP contribution in [-0.2, 0) is 26.2 Å². The Morgan fingerprint density at radius 3 is 2.76 bits per heavy atom. The summed E-state index contributed by atoms with van der Waals surface area (Å²) < 4.78 is 32.8. The van der Waals surface area contributed by atoms with Gasteiger partial charge < -0.3 is 19.5 Å². The summed E-state index contributed by atoms with van der Waals surface area (Å²) in [6.45, 7) is 1.48. The maximum absolute atomic E-state index is 13.0. The Labute approximate surface area is 168 Å². The van der Waals surface area contributed by atoms with Gasteiger partial charge in [-0.05, 0) is 37.1 Å². The van der Waals surface area contributed by atoms with Gasteiger partial charge in [-0.25, -0.2) is 8.42 Å². The number of nitrogens with zero attached hydrogens (tertiary/aromatic N) is 3. The van der Waals surface area contributed by atoms with Crippen molar-refractivity contribution in [1.29, 1.82) is 0 Å². The van der Waals surface area contributed by atoms with Crippen molar-refractivity contribution in [1.82, 2.24) is 15.1 Å². The van der Waals surface area contributed by atoms with Gasteiger partial charge in [0, 0.05) is 31.8 Å². The molecule has 1 aromatic heterocycles. The van der Waals surface area contributed by atoms with E-state index in [4.69, 9.17) is 4.42 Å². The van der Waals surface area contributed by atoms with Crippen LogP contribution in [0, 0.1) is 5.92 Å². The summed E-state index contributed by atoms with van der Waals surface area (Å²) in [6, 6.07) is 3.56. The molecule has 1 fully saturated rings. The van der Waals surface area contributed by atoms with E-state index >= 15 is 0 Å². The predicted octanol–water partition coefficient (Wildman–Crippen LogP) is 0.632. The molecule has 0 bridgehead atoms. The molecular weight excluding hydrogens is 396 g/mol. The molecule has 2 amide bonds. The summed E-state index contributed by atoms with van der Waals surface area (Å²) in [5, 5.41) is 2.86. The van der Waals surface area contributed by atoms with Crippen molar-refractivity contribution < 1.29 is 22.4 Å². The second kappa shape index (κ2) is 7.86. The quantitative estimate of drug-likeness (QED) is 0.768. The first-order valence-electron chi connectivity index (χ1n) is 9.50. The number of hydrogen-bond acceptors (Lipinski definition) is 6. The zero-order valence-electron chi connectivity index (χ0n) is 15.8. The second-order valence-corrected chi connectivity index (χ2v) is 8.93. The second-order valence-electron chi connectivity index (χ2n) is 7.18. The maximum atomic E-state index is 13.0. The Morgan fingerprint density at radius 2 is 2.03 bits per heavy atom. The average molecular weight is 418 g/mol. The molecular formula is C19H22N4O5S. The van der Waals surface area contributed by atoms with E-state index in [2.05, 4.69) is 9.71 Å². The number of piperidine rings is 1. The molecule has 0 radical (unpaired) electrons. The minimum absolute atomic E-state index is 0.0535. The third kappa shape index (κ3) is 4.26. The van der Waals surface area contributed by atoms with Crippen molar-refractivity contribution in [3.63, 3.8) is 0 Å². The molecule has 1 N–H and O–H groups in total. The number of allylic oxidation sites excluding steroid dienone is 2. The van der Waals surface area contributed by atoms with Crippen LogP contribution in [0.15, 0.2) is 51.1 Å². The minimum Gasteiger partial charge on any atom is -0.467 e. The van der Waals surface area contributed by atoms with Gasteiger partial charge in [0.25, 0.3) is 15.9 Å². The van der Waals surface area contributed by atoms with Gasteiger partial charge in [0.15, 0.2) is 5.84 Å². The van der Waals surface area contributed by atoms with Crippen molar-refractivity contribution in [2.24, 2.45) is 10.3 Å². The topological polar surface area (TPSA) is 112 Å². The highest BCUT2D eigenvalue weighted by Crippen LogP contribution is 2.23. The third-order valence-electron chi connectivity index (χ3n) is 5.26. The molecule has 0 spiro atoms. The average Bonchev–Trinajstić information content (AvgIpc) is 3.24. The molecule has 154 valence electrons. The minimum atomic E-state index is -3.56. The third-order valence-corrected chi connectivity index (χ3v) is 6.41. The summed E-state index contributed by atoms with van der Waals surface area (Å²) in [6.07, 6.45) is 7.70. The normalized spacial score (nSPS) is 21.2. The van der Waals surface area contributed by atoms with E-state index in [1.165, 1.54) is 0 Å². The summed E-state index contributed by atoms with van der Waals surface area (Å²) in [7, 11) is -3.56. The lowest BCUT2D eigenvalue weighted by molar-refractivity contribution is -0.132. The van der Waals surface area contributed by atoms with Crippen LogP contribution < -0.4 is 5.32 Å². The molecule has 3 aliphatic rings. The molecule has 10 heteroatoms. The number of fused-ring (bicyclic) bond motifs is 1. The number of hydrogen-bond donors (Lipinski definition) is 1. The van der Waals surface area contributed by atoms with E-state index in [0.29, 0.717) is 38.2 Å². The zero-order chi connectivity index (χ0) is 20.4. The number of sulfonamides is 1. The van der Waals surface area contributed by atoms with Crippen molar-refractivity contribution in [3.05, 3.63) is 48.1 Å². The van der Waals surface area contributed by atoms with Gasteiger partial charge in [-0.1, -0.05) is 0 Å². The Bertz CT molecular complexity index is 986. The number of rotatable bonds is 4. The summed E-state index contributed by atoms with van der Waals surface area (Å²) >= 11 is 0. The number of amides is 2. The number of likely N-dealkylation sites (tertiary alicyclic amines) is 1. The van der Waals surface area contributed by atoms with Crippen molar-refractivity contribution in [3.8, 4) is 0 Å². The van der Waals surface area contributed by atoms with Gasteiger partial charge in [0.1, 0.15) is 5.76 Å². The predicted molar refractivity (Wildman–Crippen MR) is 105 cm³/mol. The Morgan fingerprint density at radius 1 is 1.24 bits per heavy atom. The number of furan rings is 1. The van der Waals surface area contributed by atoms with E-state index in [-0.39, 0.29) is 41.4 Å². The van der Waals surface area contributed by atoms with Gasteiger partial charge in [0.05, 0.1) is 24.1 Å². The van der Waals surface area contributed by atoms with Gasteiger partial charge in [0.2, 0.25) is 5.91 Å². The van der Waals surface area contributed by atoms with Crippen LogP contribution in [-0.4, -0.2) is 61.3 Å². The Hall–Kier alpha value is -2.88. The van der Waals surface area contributed by atoms with Gasteiger partial charge in [-0.3, -0.25) is 9.59 Å². The molecule has 9 nitrogen and oxygen atoms in total. The van der Waals surface area contributed by atoms with Gasteiger partial charge >= 0.3 is 0 Å². The van der Waals surface area contributed by atoms with Crippen LogP contribution in [0.3, 0.4) is 0 Å². The largest absolute Gasteiger partial charge is 0.467 e. The van der Waals surface area contributed by atoms with E-state index in [1.807, 2.05) is 0 Å². The van der Waals surface area contributed by atoms with E-state index in [0.717, 1.165) is 0 Å². The van der Waals surface area contributed by atoms with Crippen LogP contribution in [0.25, 0.3) is 0 Å². The van der Waals surface area contributed by atoms with Crippen LogP contribution in [0.1, 0.15) is 18.6 Å². The van der Waals surface area contributed by atoms with Crippen molar-refractivity contribution >= 4 is 27.7 Å². The molecule has 1 aromatic rings. The van der Waals surface area contributed by atoms with Crippen LogP contribution >= 0.6 is 0 Å². The molecule has 3 aliphatic heterocycles. The van der Waals surface area contributed by atoms with Crippen molar-refractivity contribution in [2.45, 2.75) is 19.4 Å². The number of carbonyl (C=O) groups excluding carboxylic acids is 2. The number of carbonyl (C=O) groups is 2. The lowest BCUT2D eigenvalue weighted by Crippen LogP contribution is -2.47. The number of amidine groups is 1. The molecule has 0 atom stereocenters. The monoisotopic (exact) mass is 418 g/mol. The van der Waals surface area contributed by atoms with Gasteiger partial charge in [-0.15, -0.1) is 4.40 Å². The van der Waals surface area contributed by atoms with E-state index in [1.54, 1.807) is 46.5 Å². The first-order valence-corrected chi connectivity index (χ1v) is 11.1. The van der Waals surface area contributed by atoms with Crippen LogP contribution in [0.2, 0.25) is 0 Å². The Balaban J connectivity index is 1.36. The summed E-state index contributed by atoms with van der Waals surface area (Å²) in [4.78, 5) is 28.7. The first-order chi connectivity index (χ1) is 13.9. The standard InChI is InChI=1S/C19H22N4O5S/c24-18(20-13-15-3-2-11-28-15)14-5-8-23(9-6-14)19(25)16-4-1-7-22-10-12-29(26,27)21-17(16)22/h1-4,7,11,14H,5-6,8-10,12-13H2,(H,20,24). The lowest BCUT2D eigenvalue weighted by Gasteiger charge is -2.34. The molecule has 29 heavy (non-hydrogen) atoms. The fraction of sp³-hybridized carbons (Fsp3) is 0.421. The van der Waals surface area contributed by atoms with Gasteiger partial charge in [-0.2, -0.15) is 0 Å². The highest BCUT2D eigenvalue weighted by molar-refractivity contribution is 7.90. The smallest absolute Gasteiger partial charge is 0.257 e. The lowest BCUT2D eigenvalue weighted by atomic mass is 9.95. The number of nitrogens with one attached hydrogen (secondary N) is 1. The zero-order valence-corrected chi connectivity index (χ0v) is 16.6. The SMILES string of the molecule is O=C(NCc1ccco1)C1CCN(C(=O)C2=CC=CN3CCS(=O)(=O)N=C23)CC1. The molecule has 0 aliphatic carbocycles. The molecule has 0 aromatic carbocycles. The molecule has 4 heterocycles. The molecule has 0 saturated carbocycles. The highest BCUT2D eigenvalue weighted by Gasteiger charge is 2.34. The van der Waals surface area contributed by atoms with Crippen LogP contribution in [0.5, 0.6) is 0 Å². The van der Waals surface area contributed by atoms with E-state index in [9.17, 15) is 18.0 Å². The van der Waals surface area contributed by atoms with Crippen molar-refractivity contribution in [2.75, 3.05) is 25.4 Å². The first kappa shape index (κ1) is 19.4. The summed E-state index contributed by atoms with van der Waals surface area (Å²) in [5.41, 5.74) is 0.275. The molecule has 4 rings (SSSR count). The maximum Gasteiger partial charge on any atom is 0.257 e. The highest BCUT2D eigenvalue weighted by atomic mass is 32.2. The Kier molecular flexibility index (Phi) is 5.27. The molecule has 0 unspecified atom stereocenters. The van der Waals surface area contributed by atoms with E-state index < -0.39 is 10.0 Å². The summed E-state index contributed by atoms with van der Waals surface area (Å²) in [5.74, 6) is 0.323. The van der Waals surface area contributed by atoms with Crippen LogP contribution in [0.4, 0.5) is 0 Å².